The van der Waals surface area contributed by atoms with Gasteiger partial charge in [-0.15, -0.1) is 0 Å². The number of aliphatic hydroxyl groups is 1. The Bertz CT molecular complexity index is 619. The lowest BCUT2D eigenvalue weighted by atomic mass is 9.75. The quantitative estimate of drug-likeness (QED) is 0.799. The van der Waals surface area contributed by atoms with Crippen molar-refractivity contribution >= 4 is 11.6 Å². The third-order valence-electron chi connectivity index (χ3n) is 3.96. The molecule has 0 bridgehead atoms. The molecule has 1 aromatic carbocycles. The highest BCUT2D eigenvalue weighted by molar-refractivity contribution is 6.32. The van der Waals surface area contributed by atoms with E-state index in [0.717, 1.165) is 0 Å². The molecule has 0 aliphatic rings. The van der Waals surface area contributed by atoms with Crippen molar-refractivity contribution in [1.29, 1.82) is 0 Å². The van der Waals surface area contributed by atoms with Crippen LogP contribution in [0.5, 0.6) is 5.75 Å². The van der Waals surface area contributed by atoms with Crippen LogP contribution in [-0.2, 0) is 11.3 Å². The second-order valence-electron chi connectivity index (χ2n) is 6.16. The van der Waals surface area contributed by atoms with Crippen molar-refractivity contribution in [3.05, 3.63) is 41.9 Å². The fourth-order valence-electron chi connectivity index (χ4n) is 2.29. The molecule has 2 aromatic rings. The summed E-state index contributed by atoms with van der Waals surface area (Å²) in [5, 5.41) is 15.8. The smallest absolute Gasteiger partial charge is 0.138 e. The first-order valence-electron chi connectivity index (χ1n) is 7.29. The molecule has 6 nitrogen and oxygen atoms in total. The minimum absolute atomic E-state index is 0.0486. The fraction of sp³-hybridized carbons (Fsp3) is 0.500. The third-order valence-corrected chi connectivity index (χ3v) is 4.27. The van der Waals surface area contributed by atoms with Gasteiger partial charge in [-0.25, -0.2) is 9.67 Å². The molecule has 1 atom stereocenters. The molecular weight excluding hydrogens is 318 g/mol. The number of halogens is 1. The van der Waals surface area contributed by atoms with Crippen molar-refractivity contribution in [2.45, 2.75) is 26.0 Å². The van der Waals surface area contributed by atoms with Crippen LogP contribution in [0.4, 0.5) is 0 Å². The van der Waals surface area contributed by atoms with Crippen LogP contribution in [0.1, 0.15) is 13.8 Å². The lowest BCUT2D eigenvalue weighted by molar-refractivity contribution is -0.131. The number of ether oxygens (including phenoxy) is 2. The molecule has 7 heteroatoms. The molecule has 0 saturated carbocycles. The third kappa shape index (κ3) is 4.22. The van der Waals surface area contributed by atoms with E-state index in [4.69, 9.17) is 21.1 Å². The first-order valence-corrected chi connectivity index (χ1v) is 7.67. The van der Waals surface area contributed by atoms with E-state index in [0.29, 0.717) is 17.4 Å². The molecule has 0 radical (unpaired) electrons. The SMILES string of the molecule is COCC(C)(C)C(O)(COc1ccccc1Cl)Cn1cncn1. The molecule has 23 heavy (non-hydrogen) atoms. The summed E-state index contributed by atoms with van der Waals surface area (Å²) < 4.78 is 12.6. The first-order chi connectivity index (χ1) is 10.9. The number of methoxy groups -OCH3 is 1. The molecular formula is C16H22ClN3O3. The second kappa shape index (κ2) is 7.29. The van der Waals surface area contributed by atoms with Gasteiger partial charge in [-0.05, 0) is 12.1 Å². The van der Waals surface area contributed by atoms with Crippen LogP contribution in [0.25, 0.3) is 0 Å². The molecule has 1 aromatic heterocycles. The van der Waals surface area contributed by atoms with E-state index in [1.807, 2.05) is 26.0 Å². The maximum absolute atomic E-state index is 11.3. The van der Waals surface area contributed by atoms with Crippen LogP contribution < -0.4 is 4.74 Å². The highest BCUT2D eigenvalue weighted by Crippen LogP contribution is 2.34. The Kier molecular flexibility index (Phi) is 5.62. The number of nitrogens with zero attached hydrogens (tertiary/aromatic N) is 3. The van der Waals surface area contributed by atoms with Crippen molar-refractivity contribution in [3.8, 4) is 5.75 Å². The average molecular weight is 340 g/mol. The summed E-state index contributed by atoms with van der Waals surface area (Å²) in [7, 11) is 1.60. The summed E-state index contributed by atoms with van der Waals surface area (Å²) in [5.41, 5.74) is -1.80. The molecule has 1 N–H and O–H groups in total. The van der Waals surface area contributed by atoms with E-state index in [1.165, 1.54) is 6.33 Å². The van der Waals surface area contributed by atoms with E-state index < -0.39 is 11.0 Å². The van der Waals surface area contributed by atoms with Crippen molar-refractivity contribution in [3.63, 3.8) is 0 Å². The number of hydrogen-bond donors (Lipinski definition) is 1. The molecule has 126 valence electrons. The minimum atomic E-state index is -1.23. The molecule has 0 spiro atoms. The van der Waals surface area contributed by atoms with Gasteiger partial charge in [0.05, 0.1) is 18.2 Å². The van der Waals surface area contributed by atoms with E-state index >= 15 is 0 Å². The summed E-state index contributed by atoms with van der Waals surface area (Å²) in [6.07, 6.45) is 2.99. The Morgan fingerprint density at radius 1 is 1.26 bits per heavy atom. The van der Waals surface area contributed by atoms with Crippen molar-refractivity contribution in [2.75, 3.05) is 20.3 Å². The Morgan fingerprint density at radius 3 is 2.61 bits per heavy atom. The van der Waals surface area contributed by atoms with Gasteiger partial charge in [0.25, 0.3) is 0 Å². The molecule has 1 heterocycles. The predicted molar refractivity (Wildman–Crippen MR) is 87.6 cm³/mol. The average Bonchev–Trinajstić information content (AvgIpc) is 2.99. The zero-order valence-corrected chi connectivity index (χ0v) is 14.3. The summed E-state index contributed by atoms with van der Waals surface area (Å²) in [5.74, 6) is 0.527. The van der Waals surface area contributed by atoms with Crippen molar-refractivity contribution < 1.29 is 14.6 Å². The number of benzene rings is 1. The highest BCUT2D eigenvalue weighted by Gasteiger charge is 2.45. The number of aromatic nitrogens is 3. The number of hydrogen-bond acceptors (Lipinski definition) is 5. The molecule has 0 aliphatic heterocycles. The minimum Gasteiger partial charge on any atom is -0.489 e. The van der Waals surface area contributed by atoms with Crippen LogP contribution in [-0.4, -0.2) is 45.8 Å². The van der Waals surface area contributed by atoms with E-state index in [1.54, 1.807) is 30.3 Å². The first kappa shape index (κ1) is 17.7. The van der Waals surface area contributed by atoms with Gasteiger partial charge in [-0.1, -0.05) is 37.6 Å². The maximum Gasteiger partial charge on any atom is 0.138 e. The van der Waals surface area contributed by atoms with Gasteiger partial charge in [-0.2, -0.15) is 5.10 Å². The monoisotopic (exact) mass is 339 g/mol. The zero-order chi connectivity index (χ0) is 16.9. The van der Waals surface area contributed by atoms with Gasteiger partial charge in [-0.3, -0.25) is 0 Å². The Balaban J connectivity index is 2.21. The van der Waals surface area contributed by atoms with Gasteiger partial charge >= 0.3 is 0 Å². The summed E-state index contributed by atoms with van der Waals surface area (Å²) >= 11 is 6.11. The number of para-hydroxylation sites is 1. The fourth-order valence-corrected chi connectivity index (χ4v) is 2.48. The van der Waals surface area contributed by atoms with Gasteiger partial charge in [0.15, 0.2) is 0 Å². The van der Waals surface area contributed by atoms with Crippen LogP contribution >= 0.6 is 11.6 Å². The normalized spacial score (nSPS) is 14.5. The molecule has 0 fully saturated rings. The Hall–Kier alpha value is -1.63. The van der Waals surface area contributed by atoms with Gasteiger partial charge in [0, 0.05) is 12.5 Å². The molecule has 0 saturated heterocycles. The van der Waals surface area contributed by atoms with Crippen LogP contribution in [0, 0.1) is 5.41 Å². The van der Waals surface area contributed by atoms with Crippen molar-refractivity contribution in [1.82, 2.24) is 14.8 Å². The Morgan fingerprint density at radius 2 is 2.00 bits per heavy atom. The standard InChI is InChI=1S/C16H22ClN3O3/c1-15(2,9-22-3)16(21,8-20-12-18-11-19-20)10-23-14-7-5-4-6-13(14)17/h4-7,11-12,21H,8-10H2,1-3H3. The lowest BCUT2D eigenvalue weighted by Crippen LogP contribution is -2.54. The summed E-state index contributed by atoms with van der Waals surface area (Å²) in [6.45, 7) is 4.48. The zero-order valence-electron chi connectivity index (χ0n) is 13.6. The Labute approximate surface area is 141 Å². The molecule has 0 amide bonds. The topological polar surface area (TPSA) is 69.4 Å². The molecule has 2 rings (SSSR count). The molecule has 1 unspecified atom stereocenters. The van der Waals surface area contributed by atoms with Crippen LogP contribution in [0.3, 0.4) is 0 Å². The highest BCUT2D eigenvalue weighted by atomic mass is 35.5. The van der Waals surface area contributed by atoms with Crippen LogP contribution in [0.15, 0.2) is 36.9 Å². The van der Waals surface area contributed by atoms with Gasteiger partial charge in [0.1, 0.15) is 30.6 Å². The van der Waals surface area contributed by atoms with Crippen LogP contribution in [0.2, 0.25) is 5.02 Å². The maximum atomic E-state index is 11.3. The largest absolute Gasteiger partial charge is 0.489 e. The number of rotatable bonds is 8. The van der Waals surface area contributed by atoms with E-state index in [9.17, 15) is 5.11 Å². The summed E-state index contributed by atoms with van der Waals surface area (Å²) in [4.78, 5) is 3.91. The van der Waals surface area contributed by atoms with Gasteiger partial charge < -0.3 is 14.6 Å². The van der Waals surface area contributed by atoms with E-state index in [-0.39, 0.29) is 13.2 Å². The summed E-state index contributed by atoms with van der Waals surface area (Å²) in [6, 6.07) is 7.17. The lowest BCUT2D eigenvalue weighted by Gasteiger charge is -2.41. The second-order valence-corrected chi connectivity index (χ2v) is 6.57. The van der Waals surface area contributed by atoms with Crippen molar-refractivity contribution in [2.24, 2.45) is 5.41 Å². The molecule has 0 aliphatic carbocycles. The predicted octanol–water partition coefficient (Wildman–Crippen LogP) is 2.41. The van der Waals surface area contributed by atoms with Gasteiger partial charge in [0.2, 0.25) is 0 Å². The van der Waals surface area contributed by atoms with E-state index in [2.05, 4.69) is 10.1 Å².